The molecule has 2 N–H and O–H groups in total. The summed E-state index contributed by atoms with van der Waals surface area (Å²) in [6.45, 7) is 0. The zero-order chi connectivity index (χ0) is 15.8. The van der Waals surface area contributed by atoms with Gasteiger partial charge in [-0.3, -0.25) is 4.79 Å². The third-order valence-electron chi connectivity index (χ3n) is 2.84. The van der Waals surface area contributed by atoms with Gasteiger partial charge >= 0.3 is 5.97 Å². The fraction of sp³-hybridized carbons (Fsp3) is 0.429. The van der Waals surface area contributed by atoms with Gasteiger partial charge in [-0.05, 0) is 36.6 Å². The molecule has 0 radical (unpaired) electrons. The number of amides is 1. The highest BCUT2D eigenvalue weighted by Crippen LogP contribution is 2.23. The lowest BCUT2D eigenvalue weighted by Gasteiger charge is -2.15. The van der Waals surface area contributed by atoms with Gasteiger partial charge < -0.3 is 15.2 Å². The molecule has 0 aliphatic rings. The zero-order valence-electron chi connectivity index (χ0n) is 11.9. The van der Waals surface area contributed by atoms with Crippen LogP contribution in [0.3, 0.4) is 0 Å². The van der Waals surface area contributed by atoms with E-state index in [-0.39, 0.29) is 12.3 Å². The molecule has 1 rings (SSSR count). The summed E-state index contributed by atoms with van der Waals surface area (Å²) in [4.78, 5) is 23.1. The van der Waals surface area contributed by atoms with Gasteiger partial charge in [0.1, 0.15) is 11.8 Å². The molecule has 0 aliphatic heterocycles. The van der Waals surface area contributed by atoms with Crippen molar-refractivity contribution in [3.05, 3.63) is 28.8 Å². The van der Waals surface area contributed by atoms with Crippen LogP contribution in [0.1, 0.15) is 12.0 Å². The molecule has 7 heteroatoms. The standard InChI is InChI=1S/C14H18ClNO4S/c1-20-12-4-3-10(15)7-9(12)8-13(17)16-11(14(18)19)5-6-21-2/h3-4,7,11H,5-6,8H2,1-2H3,(H,16,17)(H,18,19)/t11-/m0/s1. The predicted molar refractivity (Wildman–Crippen MR) is 84.3 cm³/mol. The molecular weight excluding hydrogens is 314 g/mol. The average Bonchev–Trinajstić information content (AvgIpc) is 2.43. The van der Waals surface area contributed by atoms with E-state index in [9.17, 15) is 9.59 Å². The number of benzene rings is 1. The van der Waals surface area contributed by atoms with E-state index >= 15 is 0 Å². The summed E-state index contributed by atoms with van der Waals surface area (Å²) in [6.07, 6.45) is 2.29. The summed E-state index contributed by atoms with van der Waals surface area (Å²) >= 11 is 7.43. The summed E-state index contributed by atoms with van der Waals surface area (Å²) in [7, 11) is 1.50. The lowest BCUT2D eigenvalue weighted by Crippen LogP contribution is -2.41. The number of carbonyl (C=O) groups is 2. The highest BCUT2D eigenvalue weighted by atomic mass is 35.5. The van der Waals surface area contributed by atoms with Gasteiger partial charge in [-0.1, -0.05) is 11.6 Å². The van der Waals surface area contributed by atoms with Crippen LogP contribution in [0.5, 0.6) is 5.75 Å². The van der Waals surface area contributed by atoms with Crippen molar-refractivity contribution in [1.29, 1.82) is 0 Å². The van der Waals surface area contributed by atoms with E-state index in [1.54, 1.807) is 18.2 Å². The van der Waals surface area contributed by atoms with Crippen molar-refractivity contribution in [2.24, 2.45) is 0 Å². The van der Waals surface area contributed by atoms with E-state index in [1.807, 2.05) is 6.26 Å². The Hall–Kier alpha value is -1.40. The minimum absolute atomic E-state index is 0.0206. The molecule has 0 aliphatic carbocycles. The zero-order valence-corrected chi connectivity index (χ0v) is 13.5. The highest BCUT2D eigenvalue weighted by molar-refractivity contribution is 7.98. The molecule has 1 atom stereocenters. The van der Waals surface area contributed by atoms with Gasteiger partial charge in [-0.15, -0.1) is 0 Å². The van der Waals surface area contributed by atoms with Crippen molar-refractivity contribution in [2.75, 3.05) is 19.1 Å². The largest absolute Gasteiger partial charge is 0.496 e. The van der Waals surface area contributed by atoms with Crippen LogP contribution in [0.15, 0.2) is 18.2 Å². The second-order valence-electron chi connectivity index (χ2n) is 4.37. The molecule has 0 bridgehead atoms. The van der Waals surface area contributed by atoms with E-state index in [1.165, 1.54) is 18.9 Å². The average molecular weight is 332 g/mol. The number of aliphatic carboxylic acids is 1. The number of carboxylic acid groups (broad SMARTS) is 1. The maximum Gasteiger partial charge on any atom is 0.326 e. The summed E-state index contributed by atoms with van der Waals surface area (Å²) in [6, 6.07) is 4.10. The first kappa shape index (κ1) is 17.7. The van der Waals surface area contributed by atoms with Gasteiger partial charge in [0.2, 0.25) is 5.91 Å². The van der Waals surface area contributed by atoms with Crippen LogP contribution in [0.4, 0.5) is 0 Å². The highest BCUT2D eigenvalue weighted by Gasteiger charge is 2.20. The van der Waals surface area contributed by atoms with Crippen LogP contribution in [-0.4, -0.2) is 42.1 Å². The van der Waals surface area contributed by atoms with Crippen LogP contribution in [0.2, 0.25) is 5.02 Å². The molecule has 1 amide bonds. The third-order valence-corrected chi connectivity index (χ3v) is 3.72. The first-order chi connectivity index (χ1) is 9.97. The van der Waals surface area contributed by atoms with Crippen molar-refractivity contribution in [3.8, 4) is 5.75 Å². The summed E-state index contributed by atoms with van der Waals surface area (Å²) in [5.74, 6) is -0.192. The molecule has 0 saturated carbocycles. The number of ether oxygens (including phenoxy) is 1. The van der Waals surface area contributed by atoms with E-state index in [0.29, 0.717) is 28.5 Å². The van der Waals surface area contributed by atoms with Crippen molar-refractivity contribution in [1.82, 2.24) is 5.32 Å². The summed E-state index contributed by atoms with van der Waals surface area (Å²) in [5, 5.41) is 12.1. The van der Waals surface area contributed by atoms with Gasteiger partial charge in [-0.25, -0.2) is 4.79 Å². The number of methoxy groups -OCH3 is 1. The molecule has 0 saturated heterocycles. The van der Waals surface area contributed by atoms with Crippen LogP contribution in [0, 0.1) is 0 Å². The molecule has 0 unspecified atom stereocenters. The quantitative estimate of drug-likeness (QED) is 0.764. The minimum atomic E-state index is -1.03. The van der Waals surface area contributed by atoms with Crippen molar-refractivity contribution < 1.29 is 19.4 Å². The number of hydrogen-bond acceptors (Lipinski definition) is 4. The van der Waals surface area contributed by atoms with Gasteiger partial charge in [0.05, 0.1) is 13.5 Å². The van der Waals surface area contributed by atoms with Gasteiger partial charge in [0.15, 0.2) is 0 Å². The first-order valence-electron chi connectivity index (χ1n) is 6.31. The number of carbonyl (C=O) groups excluding carboxylic acids is 1. The Bertz CT molecular complexity index is 510. The lowest BCUT2D eigenvalue weighted by atomic mass is 10.1. The molecule has 5 nitrogen and oxygen atoms in total. The van der Waals surface area contributed by atoms with Crippen LogP contribution in [-0.2, 0) is 16.0 Å². The molecule has 0 heterocycles. The Labute approximate surface area is 133 Å². The number of nitrogens with one attached hydrogen (secondary N) is 1. The van der Waals surface area contributed by atoms with Gasteiger partial charge in [0, 0.05) is 10.6 Å². The van der Waals surface area contributed by atoms with Crippen LogP contribution >= 0.6 is 23.4 Å². The second kappa shape index (κ2) is 8.79. The summed E-state index contributed by atoms with van der Waals surface area (Å²) < 4.78 is 5.16. The Morgan fingerprint density at radius 2 is 2.19 bits per heavy atom. The normalized spacial score (nSPS) is 11.8. The van der Waals surface area contributed by atoms with E-state index < -0.39 is 12.0 Å². The van der Waals surface area contributed by atoms with Crippen molar-refractivity contribution in [3.63, 3.8) is 0 Å². The lowest BCUT2D eigenvalue weighted by molar-refractivity contribution is -0.141. The Kier molecular flexibility index (Phi) is 7.39. The number of halogens is 1. The van der Waals surface area contributed by atoms with E-state index in [4.69, 9.17) is 21.4 Å². The molecule has 1 aromatic carbocycles. The number of thioether (sulfide) groups is 1. The molecule has 116 valence electrons. The van der Waals surface area contributed by atoms with Crippen molar-refractivity contribution >= 4 is 35.2 Å². The molecular formula is C14H18ClNO4S. The first-order valence-corrected chi connectivity index (χ1v) is 8.08. The van der Waals surface area contributed by atoms with Gasteiger partial charge in [-0.2, -0.15) is 11.8 Å². The number of carboxylic acids is 1. The second-order valence-corrected chi connectivity index (χ2v) is 5.79. The molecule has 1 aromatic rings. The summed E-state index contributed by atoms with van der Waals surface area (Å²) in [5.41, 5.74) is 0.622. The van der Waals surface area contributed by atoms with E-state index in [2.05, 4.69) is 5.32 Å². The van der Waals surface area contributed by atoms with E-state index in [0.717, 1.165) is 0 Å². The number of hydrogen-bond donors (Lipinski definition) is 2. The van der Waals surface area contributed by atoms with Crippen LogP contribution < -0.4 is 10.1 Å². The topological polar surface area (TPSA) is 75.6 Å². The molecule has 0 aromatic heterocycles. The molecule has 0 spiro atoms. The monoisotopic (exact) mass is 331 g/mol. The Morgan fingerprint density at radius 1 is 1.48 bits per heavy atom. The fourth-order valence-corrected chi connectivity index (χ4v) is 2.46. The number of rotatable bonds is 8. The maximum absolute atomic E-state index is 12.0. The SMILES string of the molecule is COc1ccc(Cl)cc1CC(=O)N[C@@H](CCSC)C(=O)O. The van der Waals surface area contributed by atoms with Crippen LogP contribution in [0.25, 0.3) is 0 Å². The van der Waals surface area contributed by atoms with Gasteiger partial charge in [0.25, 0.3) is 0 Å². The minimum Gasteiger partial charge on any atom is -0.496 e. The Balaban J connectivity index is 2.71. The molecule has 0 fully saturated rings. The smallest absolute Gasteiger partial charge is 0.326 e. The third kappa shape index (κ3) is 5.85. The predicted octanol–water partition coefficient (Wildman–Crippen LogP) is 2.21. The Morgan fingerprint density at radius 3 is 2.76 bits per heavy atom. The fourth-order valence-electron chi connectivity index (χ4n) is 1.80. The molecule has 21 heavy (non-hydrogen) atoms. The maximum atomic E-state index is 12.0. The van der Waals surface area contributed by atoms with Crippen molar-refractivity contribution in [2.45, 2.75) is 18.9 Å².